The molecule has 35 heavy (non-hydrogen) atoms. The molecule has 2 aliphatic heterocycles. The molecule has 0 unspecified atom stereocenters. The fraction of sp³-hybridized carbons (Fsp3) is 0.333. The molecule has 1 saturated heterocycles. The molecule has 8 heteroatoms. The number of carboxylic acid groups (broad SMARTS) is 1. The first-order valence-electron chi connectivity index (χ1n) is 11.7. The maximum atomic E-state index is 11.6. The van der Waals surface area contributed by atoms with Crippen LogP contribution in [0, 0.1) is 0 Å². The number of fused-ring (bicyclic) bond motifs is 1. The van der Waals surface area contributed by atoms with Crippen molar-refractivity contribution in [2.45, 2.75) is 31.8 Å². The number of piperidine rings is 1. The standard InChI is InChI=1S/C27H28ClN3O3S/c1-34-26-5-2-18(12-23(26)27(32)33)14-30-10-7-19(8-11-30)24-16-31(25-13-29-9-6-22(24)25)15-21-4-3-20(28)17-35-21/h2-6,9,12-13,16,19H,7-8,10-11,14-15,17H2,1H3,(H,32,33). The van der Waals surface area contributed by atoms with Crippen molar-refractivity contribution in [3.05, 3.63) is 81.6 Å². The summed E-state index contributed by atoms with van der Waals surface area (Å²) in [6, 6.07) is 7.57. The third-order valence-corrected chi connectivity index (χ3v) is 8.32. The number of hydrogen-bond donors (Lipinski definition) is 1. The van der Waals surface area contributed by atoms with Gasteiger partial charge in [-0.3, -0.25) is 9.88 Å². The topological polar surface area (TPSA) is 67.6 Å². The smallest absolute Gasteiger partial charge is 0.339 e. The van der Waals surface area contributed by atoms with E-state index in [-0.39, 0.29) is 5.56 Å². The summed E-state index contributed by atoms with van der Waals surface area (Å²) in [4.78, 5) is 19.7. The van der Waals surface area contributed by atoms with Crippen molar-refractivity contribution < 1.29 is 14.6 Å². The van der Waals surface area contributed by atoms with Crippen LogP contribution in [-0.4, -0.2) is 51.5 Å². The lowest BCUT2D eigenvalue weighted by atomic mass is 9.89. The van der Waals surface area contributed by atoms with Crippen LogP contribution in [0.5, 0.6) is 5.75 Å². The van der Waals surface area contributed by atoms with Crippen LogP contribution in [0.3, 0.4) is 0 Å². The van der Waals surface area contributed by atoms with Crippen LogP contribution in [0.4, 0.5) is 0 Å². The van der Waals surface area contributed by atoms with Crippen molar-refractivity contribution in [1.29, 1.82) is 0 Å². The highest BCUT2D eigenvalue weighted by molar-refractivity contribution is 8.03. The first kappa shape index (κ1) is 24.0. The molecule has 0 aliphatic carbocycles. The molecule has 1 aromatic carbocycles. The van der Waals surface area contributed by atoms with E-state index in [2.05, 4.69) is 32.8 Å². The molecule has 6 nitrogen and oxygen atoms in total. The number of hydrogen-bond acceptors (Lipinski definition) is 5. The van der Waals surface area contributed by atoms with Gasteiger partial charge < -0.3 is 14.4 Å². The summed E-state index contributed by atoms with van der Waals surface area (Å²) in [6.07, 6.45) is 12.4. The Morgan fingerprint density at radius 3 is 2.77 bits per heavy atom. The van der Waals surface area contributed by atoms with Gasteiger partial charge >= 0.3 is 5.97 Å². The third kappa shape index (κ3) is 5.27. The van der Waals surface area contributed by atoms with Crippen LogP contribution < -0.4 is 4.74 Å². The van der Waals surface area contributed by atoms with Gasteiger partial charge in [0.2, 0.25) is 0 Å². The Kier molecular flexibility index (Phi) is 7.18. The summed E-state index contributed by atoms with van der Waals surface area (Å²) in [7, 11) is 1.50. The lowest BCUT2D eigenvalue weighted by Crippen LogP contribution is -2.32. The summed E-state index contributed by atoms with van der Waals surface area (Å²) < 4.78 is 7.51. The van der Waals surface area contributed by atoms with Crippen LogP contribution in [0.1, 0.15) is 40.2 Å². The summed E-state index contributed by atoms with van der Waals surface area (Å²) in [5.41, 5.74) is 3.78. The van der Waals surface area contributed by atoms with E-state index in [4.69, 9.17) is 16.3 Å². The maximum Gasteiger partial charge on any atom is 0.339 e. The molecule has 0 radical (unpaired) electrons. The number of ether oxygens (including phenoxy) is 1. The highest BCUT2D eigenvalue weighted by Crippen LogP contribution is 2.36. The lowest BCUT2D eigenvalue weighted by molar-refractivity contribution is 0.0693. The zero-order valence-corrected chi connectivity index (χ0v) is 21.2. The van der Waals surface area contributed by atoms with Gasteiger partial charge in [-0.1, -0.05) is 17.7 Å². The molecule has 3 aromatic rings. The van der Waals surface area contributed by atoms with Crippen LogP contribution in [0.25, 0.3) is 10.9 Å². The summed E-state index contributed by atoms with van der Waals surface area (Å²) in [6.45, 7) is 3.52. The summed E-state index contributed by atoms with van der Waals surface area (Å²) in [5, 5.41) is 11.7. The first-order valence-corrected chi connectivity index (χ1v) is 13.1. The van der Waals surface area contributed by atoms with Crippen molar-refractivity contribution >= 4 is 40.2 Å². The highest BCUT2D eigenvalue weighted by atomic mass is 35.5. The third-order valence-electron chi connectivity index (χ3n) is 6.81. The molecule has 0 amide bonds. The molecule has 1 N–H and O–H groups in total. The Labute approximate surface area is 214 Å². The van der Waals surface area contributed by atoms with Crippen LogP contribution in [0.15, 0.2) is 64.9 Å². The molecule has 1 fully saturated rings. The van der Waals surface area contributed by atoms with E-state index in [0.717, 1.165) is 55.4 Å². The Morgan fingerprint density at radius 1 is 1.23 bits per heavy atom. The minimum absolute atomic E-state index is 0.213. The van der Waals surface area contributed by atoms with Gasteiger partial charge in [0.25, 0.3) is 0 Å². The van der Waals surface area contributed by atoms with Gasteiger partial charge in [-0.05, 0) is 73.3 Å². The monoisotopic (exact) mass is 509 g/mol. The van der Waals surface area contributed by atoms with Gasteiger partial charge in [0.15, 0.2) is 0 Å². The predicted molar refractivity (Wildman–Crippen MR) is 141 cm³/mol. The zero-order chi connectivity index (χ0) is 24.4. The van der Waals surface area contributed by atoms with E-state index < -0.39 is 5.97 Å². The molecule has 2 aromatic heterocycles. The van der Waals surface area contributed by atoms with Gasteiger partial charge in [-0.2, -0.15) is 0 Å². The van der Waals surface area contributed by atoms with Gasteiger partial charge in [0, 0.05) is 40.0 Å². The Hall–Kier alpha value is -2.74. The number of rotatable bonds is 7. The van der Waals surface area contributed by atoms with E-state index in [1.807, 2.05) is 24.5 Å². The second kappa shape index (κ2) is 10.5. The van der Waals surface area contributed by atoms with Gasteiger partial charge in [0.1, 0.15) is 11.3 Å². The molecule has 0 saturated carbocycles. The molecule has 0 atom stereocenters. The molecule has 5 rings (SSSR count). The number of methoxy groups -OCH3 is 1. The number of aromatic nitrogens is 2. The predicted octanol–water partition coefficient (Wildman–Crippen LogP) is 5.88. The number of halogens is 1. The molecule has 182 valence electrons. The van der Waals surface area contributed by atoms with Crippen molar-refractivity contribution in [3.8, 4) is 5.75 Å². The van der Waals surface area contributed by atoms with Gasteiger partial charge in [-0.25, -0.2) is 4.79 Å². The molecule has 0 bridgehead atoms. The quantitative estimate of drug-likeness (QED) is 0.429. The molecular formula is C27H28ClN3O3S. The fourth-order valence-corrected chi connectivity index (χ4v) is 6.05. The molecular weight excluding hydrogens is 482 g/mol. The van der Waals surface area contributed by atoms with Crippen LogP contribution in [0.2, 0.25) is 0 Å². The number of allylic oxidation sites excluding steroid dienone is 3. The number of benzene rings is 1. The van der Waals surface area contributed by atoms with E-state index >= 15 is 0 Å². The van der Waals surface area contributed by atoms with Crippen molar-refractivity contribution in [2.24, 2.45) is 0 Å². The number of pyridine rings is 1. The van der Waals surface area contributed by atoms with E-state index in [9.17, 15) is 9.90 Å². The number of carboxylic acids is 1. The zero-order valence-electron chi connectivity index (χ0n) is 19.6. The van der Waals surface area contributed by atoms with E-state index in [0.29, 0.717) is 11.7 Å². The highest BCUT2D eigenvalue weighted by Gasteiger charge is 2.25. The Bertz CT molecular complexity index is 1310. The Morgan fingerprint density at radius 2 is 2.06 bits per heavy atom. The number of thioether (sulfide) groups is 1. The second-order valence-corrected chi connectivity index (χ2v) is 10.6. The van der Waals surface area contributed by atoms with Crippen LogP contribution in [-0.2, 0) is 13.1 Å². The fourth-order valence-electron chi connectivity index (χ4n) is 5.01. The SMILES string of the molecule is COc1ccc(CN2CCC(c3cn(CC4=CC=C(Cl)CS4)c4cnccc34)CC2)cc1C(=O)O. The van der Waals surface area contributed by atoms with Gasteiger partial charge in [0.05, 0.1) is 25.4 Å². The number of aromatic carboxylic acids is 1. The second-order valence-electron chi connectivity index (χ2n) is 9.03. The minimum atomic E-state index is -0.963. The number of nitrogens with zero attached hydrogens (tertiary/aromatic N) is 3. The Balaban J connectivity index is 1.29. The van der Waals surface area contributed by atoms with E-state index in [1.165, 1.54) is 28.5 Å². The van der Waals surface area contributed by atoms with E-state index in [1.54, 1.807) is 23.9 Å². The normalized spacial score (nSPS) is 17.3. The number of carbonyl (C=O) groups is 1. The maximum absolute atomic E-state index is 11.6. The first-order chi connectivity index (χ1) is 17.0. The molecule has 2 aliphatic rings. The van der Waals surface area contributed by atoms with Crippen LogP contribution >= 0.6 is 23.4 Å². The largest absolute Gasteiger partial charge is 0.496 e. The average Bonchev–Trinajstić information content (AvgIpc) is 3.24. The molecule has 0 spiro atoms. The molecule has 4 heterocycles. The van der Waals surface area contributed by atoms with Gasteiger partial charge in [-0.15, -0.1) is 11.8 Å². The lowest BCUT2D eigenvalue weighted by Gasteiger charge is -2.32. The minimum Gasteiger partial charge on any atom is -0.496 e. The van der Waals surface area contributed by atoms with Crippen molar-refractivity contribution in [3.63, 3.8) is 0 Å². The van der Waals surface area contributed by atoms with Crippen molar-refractivity contribution in [2.75, 3.05) is 26.0 Å². The average molecular weight is 510 g/mol. The summed E-state index contributed by atoms with van der Waals surface area (Å²) in [5.74, 6) is 0.755. The van der Waals surface area contributed by atoms with Crippen molar-refractivity contribution in [1.82, 2.24) is 14.5 Å². The number of likely N-dealkylation sites (tertiary alicyclic amines) is 1. The summed E-state index contributed by atoms with van der Waals surface area (Å²) >= 11 is 7.92.